The van der Waals surface area contributed by atoms with Crippen molar-refractivity contribution in [2.45, 2.75) is 128 Å². The third kappa shape index (κ3) is 9.78. The molecule has 16 nitrogen and oxygen atoms in total. The zero-order valence-corrected chi connectivity index (χ0v) is 34.1. The summed E-state index contributed by atoms with van der Waals surface area (Å²) in [5.41, 5.74) is 7.12. The third-order valence-corrected chi connectivity index (χ3v) is 11.8. The minimum absolute atomic E-state index is 0.00610. The van der Waals surface area contributed by atoms with Crippen LogP contribution in [-0.2, 0) is 38.0 Å². The van der Waals surface area contributed by atoms with Gasteiger partial charge < -0.3 is 43.5 Å². The minimum atomic E-state index is -1.24. The Morgan fingerprint density at radius 2 is 1.80 bits per heavy atom. The molecule has 2 unspecified atom stereocenters. The molecular weight excluding hydrogens is 712 g/mol. The standard InChI is InChI=1S/C39H60N6O10/c1-12-29-39(7)32(42-37(49)55-39)25(5)45(10)21-22(2)19-38(6,50-11)33(23(3)30(46)24(4)34(47)52-29)54-36-31(53-35(48)26-16-14-13-15-17-26)28(44(8)9)18-27(51-36)20-41-43-40/h13-17,22-25,27-29,31-33,36H,12,18-21H2,1-11H3,(H,42,49)/t22-,23+,24?,25-,27+,28?,29-,31-,32-,33-,36+,38-,39-/m1/s1. The lowest BCUT2D eigenvalue weighted by atomic mass is 9.78. The van der Waals surface area contributed by atoms with Crippen molar-refractivity contribution in [1.29, 1.82) is 0 Å². The lowest BCUT2D eigenvalue weighted by molar-refractivity contribution is -0.295. The first-order valence-electron chi connectivity index (χ1n) is 19.1. The number of cyclic esters (lactones) is 1. The van der Waals surface area contributed by atoms with Crippen LogP contribution in [0.1, 0.15) is 78.1 Å². The topological polar surface area (TPSA) is 191 Å². The van der Waals surface area contributed by atoms with Gasteiger partial charge in [-0.2, -0.15) is 0 Å². The third-order valence-electron chi connectivity index (χ3n) is 11.8. The van der Waals surface area contributed by atoms with Crippen molar-refractivity contribution in [1.82, 2.24) is 15.1 Å². The van der Waals surface area contributed by atoms with E-state index in [1.165, 1.54) is 6.92 Å². The number of methoxy groups -OCH3 is 1. The molecule has 0 aromatic heterocycles. The van der Waals surface area contributed by atoms with E-state index in [0.717, 1.165) is 0 Å². The number of carbonyl (C=O) groups excluding carboxylic acids is 4. The molecule has 4 rings (SSSR count). The number of hydrogen-bond donors (Lipinski definition) is 1. The Balaban J connectivity index is 1.80. The molecule has 0 bridgehead atoms. The maximum atomic E-state index is 14.5. The molecule has 3 fully saturated rings. The van der Waals surface area contributed by atoms with E-state index in [0.29, 0.717) is 31.4 Å². The average Bonchev–Trinajstić information content (AvgIpc) is 3.47. The minimum Gasteiger partial charge on any atom is -0.458 e. The van der Waals surface area contributed by atoms with E-state index in [1.54, 1.807) is 51.3 Å². The number of rotatable bonds is 9. The number of azide groups is 1. The molecule has 0 spiro atoms. The first-order chi connectivity index (χ1) is 25.9. The Hall–Kier alpha value is -3.79. The Bertz CT molecular complexity index is 1560. The van der Waals surface area contributed by atoms with Crippen LogP contribution < -0.4 is 5.32 Å². The number of esters is 2. The van der Waals surface area contributed by atoms with E-state index in [1.807, 2.05) is 46.8 Å². The number of ether oxygens (including phenoxy) is 6. The molecular formula is C39H60N6O10. The number of amides is 1. The molecule has 306 valence electrons. The molecule has 3 aliphatic heterocycles. The summed E-state index contributed by atoms with van der Waals surface area (Å²) in [5, 5.41) is 6.70. The molecule has 16 heteroatoms. The van der Waals surface area contributed by atoms with Gasteiger partial charge in [0.1, 0.15) is 12.0 Å². The molecule has 3 aliphatic rings. The first kappa shape index (κ1) is 43.9. The van der Waals surface area contributed by atoms with Gasteiger partial charge in [-0.05, 0) is 91.7 Å². The van der Waals surface area contributed by atoms with Crippen LogP contribution in [0.4, 0.5) is 4.79 Å². The van der Waals surface area contributed by atoms with E-state index >= 15 is 0 Å². The van der Waals surface area contributed by atoms with E-state index in [9.17, 15) is 19.2 Å². The second-order valence-electron chi connectivity index (χ2n) is 16.0. The number of nitrogens with zero attached hydrogens (tertiary/aromatic N) is 5. The van der Waals surface area contributed by atoms with Gasteiger partial charge in [-0.3, -0.25) is 9.59 Å². The summed E-state index contributed by atoms with van der Waals surface area (Å²) in [4.78, 5) is 61.6. The number of likely N-dealkylation sites (N-methyl/N-ethyl adjacent to an activating group) is 2. The lowest BCUT2D eigenvalue weighted by Crippen LogP contribution is -2.60. The van der Waals surface area contributed by atoms with Crippen LogP contribution in [-0.4, -0.2) is 135 Å². The molecule has 1 aromatic rings. The van der Waals surface area contributed by atoms with Gasteiger partial charge in [0.25, 0.3) is 0 Å². The number of hydrogen-bond acceptors (Lipinski definition) is 13. The number of ketones is 1. The zero-order valence-electron chi connectivity index (χ0n) is 34.1. The summed E-state index contributed by atoms with van der Waals surface area (Å²) in [6, 6.07) is 7.35. The molecule has 0 radical (unpaired) electrons. The van der Waals surface area contributed by atoms with E-state index < -0.39 is 89.6 Å². The number of Topliss-reactive ketones (excluding diaryl/α,β-unsaturated/α-hetero) is 1. The van der Waals surface area contributed by atoms with Crippen LogP contribution in [0.25, 0.3) is 10.4 Å². The highest BCUT2D eigenvalue weighted by Crippen LogP contribution is 2.39. The fourth-order valence-electron chi connectivity index (χ4n) is 8.52. The summed E-state index contributed by atoms with van der Waals surface area (Å²) < 4.78 is 37.7. The lowest BCUT2D eigenvalue weighted by Gasteiger charge is -2.48. The van der Waals surface area contributed by atoms with Gasteiger partial charge in [-0.1, -0.05) is 44.1 Å². The molecule has 0 saturated carbocycles. The van der Waals surface area contributed by atoms with E-state index in [2.05, 4.69) is 27.2 Å². The second-order valence-corrected chi connectivity index (χ2v) is 16.0. The number of benzene rings is 1. The highest BCUT2D eigenvalue weighted by atomic mass is 16.7. The van der Waals surface area contributed by atoms with Crippen molar-refractivity contribution in [3.63, 3.8) is 0 Å². The molecule has 1 aromatic carbocycles. The normalized spacial score (nSPS) is 38.0. The number of fused-ring (bicyclic) bond motifs is 1. The maximum Gasteiger partial charge on any atom is 0.408 e. The Kier molecular flexibility index (Phi) is 14.7. The fraction of sp³-hybridized carbons (Fsp3) is 0.744. The van der Waals surface area contributed by atoms with E-state index in [-0.39, 0.29) is 18.5 Å². The van der Waals surface area contributed by atoms with Crippen molar-refractivity contribution in [2.75, 3.05) is 41.3 Å². The monoisotopic (exact) mass is 772 g/mol. The molecule has 3 saturated heterocycles. The summed E-state index contributed by atoms with van der Waals surface area (Å²) in [6.07, 6.45) is -4.26. The van der Waals surface area contributed by atoms with Gasteiger partial charge in [-0.25, -0.2) is 9.59 Å². The number of alkyl carbamates (subject to hydrolysis) is 1. The predicted molar refractivity (Wildman–Crippen MR) is 202 cm³/mol. The quantitative estimate of drug-likeness (QED) is 0.0907. The number of nitrogens with one attached hydrogen (secondary N) is 1. The zero-order chi connectivity index (χ0) is 40.8. The van der Waals surface area contributed by atoms with Crippen molar-refractivity contribution < 1.29 is 47.6 Å². The van der Waals surface area contributed by atoms with Crippen molar-refractivity contribution in [3.8, 4) is 0 Å². The van der Waals surface area contributed by atoms with Gasteiger partial charge in [0, 0.05) is 30.5 Å². The molecule has 1 amide bonds. The second kappa shape index (κ2) is 18.4. The van der Waals surface area contributed by atoms with Gasteiger partial charge in [0.2, 0.25) is 0 Å². The first-order valence-corrected chi connectivity index (χ1v) is 19.1. The van der Waals surface area contributed by atoms with Gasteiger partial charge >= 0.3 is 18.0 Å². The van der Waals surface area contributed by atoms with Gasteiger partial charge in [-0.15, -0.1) is 0 Å². The summed E-state index contributed by atoms with van der Waals surface area (Å²) in [7, 11) is 7.19. The summed E-state index contributed by atoms with van der Waals surface area (Å²) in [5.74, 6) is -4.08. The van der Waals surface area contributed by atoms with Crippen LogP contribution in [0.5, 0.6) is 0 Å². The van der Waals surface area contributed by atoms with Crippen molar-refractivity contribution in [3.05, 3.63) is 46.3 Å². The van der Waals surface area contributed by atoms with Gasteiger partial charge in [0.15, 0.2) is 23.8 Å². The van der Waals surface area contributed by atoms with Crippen molar-refractivity contribution >= 4 is 23.8 Å². The average molecular weight is 773 g/mol. The van der Waals surface area contributed by atoms with Crippen LogP contribution in [0.15, 0.2) is 35.4 Å². The van der Waals surface area contributed by atoms with Crippen LogP contribution in [0.2, 0.25) is 0 Å². The molecule has 3 heterocycles. The number of carbonyl (C=O) groups is 4. The SMILES string of the molecule is CC[C@H]1OC(=O)C(C)C(=O)[C@H](C)[C@@H](O[C@@H]2O[C@H](CN=[N+]=[N-])CC(N(C)C)[C@H]2OC(=O)c2ccccc2)[C@](C)(OC)C[C@@H](C)CN(C)[C@H](C)[C@H]2NC(=O)O[C@@]21C. The Labute approximate surface area is 324 Å². The van der Waals surface area contributed by atoms with E-state index in [4.69, 9.17) is 34.0 Å². The summed E-state index contributed by atoms with van der Waals surface area (Å²) in [6.45, 7) is 13.2. The largest absolute Gasteiger partial charge is 0.458 e. The van der Waals surface area contributed by atoms with Crippen LogP contribution in [0, 0.1) is 17.8 Å². The predicted octanol–water partition coefficient (Wildman–Crippen LogP) is 4.75. The smallest absolute Gasteiger partial charge is 0.408 e. The highest BCUT2D eigenvalue weighted by Gasteiger charge is 2.56. The maximum absolute atomic E-state index is 14.5. The Morgan fingerprint density at radius 1 is 1.13 bits per heavy atom. The fourth-order valence-corrected chi connectivity index (χ4v) is 8.52. The summed E-state index contributed by atoms with van der Waals surface area (Å²) >= 11 is 0. The molecule has 13 atom stereocenters. The molecule has 55 heavy (non-hydrogen) atoms. The van der Waals surface area contributed by atoms with Crippen LogP contribution >= 0.6 is 0 Å². The molecule has 0 aliphatic carbocycles. The highest BCUT2D eigenvalue weighted by molar-refractivity contribution is 6.00. The van der Waals surface area contributed by atoms with Gasteiger partial charge in [0.05, 0.1) is 42.0 Å². The van der Waals surface area contributed by atoms with Crippen LogP contribution in [0.3, 0.4) is 0 Å². The van der Waals surface area contributed by atoms with Crippen molar-refractivity contribution in [2.24, 2.45) is 22.9 Å². The molecule has 1 N–H and O–H groups in total. The Morgan fingerprint density at radius 3 is 2.40 bits per heavy atom.